The van der Waals surface area contributed by atoms with E-state index in [0.29, 0.717) is 0 Å². The summed E-state index contributed by atoms with van der Waals surface area (Å²) in [6.45, 7) is 1.27. The van der Waals surface area contributed by atoms with E-state index in [1.54, 1.807) is 0 Å². The number of carbonyl (C=O) groups is 1. The predicted molar refractivity (Wildman–Crippen MR) is 42.5 cm³/mol. The van der Waals surface area contributed by atoms with Crippen molar-refractivity contribution < 1.29 is 27.9 Å². The number of carboxylic acid groups (broad SMARTS) is 1. The standard InChI is InChI=1S/C6H7NO6S/c1-3-5(14(11,12)7-10)2-4(13-3)6(8)9/h2,7,10H,1H3,(H,8,9). The molecule has 1 rings (SSSR count). The van der Waals surface area contributed by atoms with E-state index in [9.17, 15) is 13.2 Å². The zero-order chi connectivity index (χ0) is 10.9. The molecule has 0 aliphatic rings. The third-order valence-electron chi connectivity index (χ3n) is 1.49. The van der Waals surface area contributed by atoms with Crippen LogP contribution in [0.15, 0.2) is 15.4 Å². The fourth-order valence-corrected chi connectivity index (χ4v) is 1.67. The fourth-order valence-electron chi connectivity index (χ4n) is 0.887. The van der Waals surface area contributed by atoms with Gasteiger partial charge in [-0.1, -0.05) is 4.89 Å². The lowest BCUT2D eigenvalue weighted by Gasteiger charge is -1.96. The molecule has 0 aliphatic carbocycles. The summed E-state index contributed by atoms with van der Waals surface area (Å²) in [6, 6.07) is 0.816. The molecule has 0 amide bonds. The maximum absolute atomic E-state index is 11.0. The van der Waals surface area contributed by atoms with Crippen molar-refractivity contribution in [1.82, 2.24) is 4.89 Å². The molecule has 0 bridgehead atoms. The van der Waals surface area contributed by atoms with Crippen LogP contribution in [-0.2, 0) is 10.0 Å². The smallest absolute Gasteiger partial charge is 0.371 e. The van der Waals surface area contributed by atoms with Crippen molar-refractivity contribution in [2.45, 2.75) is 11.8 Å². The second-order valence-corrected chi connectivity index (χ2v) is 4.06. The molecule has 0 spiro atoms. The molecule has 0 atom stereocenters. The minimum Gasteiger partial charge on any atom is -0.475 e. The maximum atomic E-state index is 11.0. The van der Waals surface area contributed by atoms with Gasteiger partial charge in [0.2, 0.25) is 5.76 Å². The average molecular weight is 221 g/mol. The van der Waals surface area contributed by atoms with Crippen molar-refractivity contribution in [2.24, 2.45) is 0 Å². The highest BCUT2D eigenvalue weighted by Crippen LogP contribution is 2.19. The summed E-state index contributed by atoms with van der Waals surface area (Å²) < 4.78 is 26.7. The van der Waals surface area contributed by atoms with E-state index in [0.717, 1.165) is 11.0 Å². The first-order valence-electron chi connectivity index (χ1n) is 3.38. The van der Waals surface area contributed by atoms with Crippen LogP contribution in [0.1, 0.15) is 16.3 Å². The lowest BCUT2D eigenvalue weighted by Crippen LogP contribution is -2.19. The van der Waals surface area contributed by atoms with E-state index >= 15 is 0 Å². The summed E-state index contributed by atoms with van der Waals surface area (Å²) in [6.07, 6.45) is 0. The molecule has 0 unspecified atom stereocenters. The highest BCUT2D eigenvalue weighted by atomic mass is 32.2. The Morgan fingerprint density at radius 2 is 2.14 bits per heavy atom. The van der Waals surface area contributed by atoms with Crippen LogP contribution in [0.2, 0.25) is 0 Å². The number of aromatic carboxylic acids is 1. The largest absolute Gasteiger partial charge is 0.475 e. The summed E-state index contributed by atoms with van der Waals surface area (Å²) in [7, 11) is -4.09. The van der Waals surface area contributed by atoms with Crippen molar-refractivity contribution in [3.8, 4) is 0 Å². The molecule has 0 fully saturated rings. The molecular weight excluding hydrogens is 214 g/mol. The lowest BCUT2D eigenvalue weighted by molar-refractivity contribution is 0.0661. The summed E-state index contributed by atoms with van der Waals surface area (Å²) >= 11 is 0. The van der Waals surface area contributed by atoms with Crippen molar-refractivity contribution in [2.75, 3.05) is 0 Å². The molecule has 1 aromatic rings. The second kappa shape index (κ2) is 3.40. The Labute approximate surface area is 79.0 Å². The first-order valence-corrected chi connectivity index (χ1v) is 4.86. The Bertz CT molecular complexity index is 459. The molecule has 1 heterocycles. The number of hydrogen-bond donors (Lipinski definition) is 3. The minimum absolute atomic E-state index is 0.107. The van der Waals surface area contributed by atoms with Crippen LogP contribution in [0.4, 0.5) is 0 Å². The molecule has 0 saturated heterocycles. The van der Waals surface area contributed by atoms with Crippen LogP contribution in [-0.4, -0.2) is 24.7 Å². The van der Waals surface area contributed by atoms with Crippen molar-refractivity contribution in [1.29, 1.82) is 0 Å². The summed E-state index contributed by atoms with van der Waals surface area (Å²) in [5.41, 5.74) is 0. The molecule has 7 nitrogen and oxygen atoms in total. The quantitative estimate of drug-likeness (QED) is 0.616. The van der Waals surface area contributed by atoms with Crippen molar-refractivity contribution in [3.05, 3.63) is 17.6 Å². The molecule has 0 saturated carbocycles. The van der Waals surface area contributed by atoms with Crippen LogP contribution in [0, 0.1) is 6.92 Å². The van der Waals surface area contributed by atoms with Crippen LogP contribution in [0.3, 0.4) is 0 Å². The molecule has 0 aliphatic heterocycles. The van der Waals surface area contributed by atoms with Crippen LogP contribution < -0.4 is 4.89 Å². The van der Waals surface area contributed by atoms with Gasteiger partial charge in [0.15, 0.2) is 0 Å². The van der Waals surface area contributed by atoms with Gasteiger partial charge in [0.1, 0.15) is 10.7 Å². The van der Waals surface area contributed by atoms with Crippen LogP contribution >= 0.6 is 0 Å². The van der Waals surface area contributed by atoms with Crippen molar-refractivity contribution >= 4 is 16.0 Å². The monoisotopic (exact) mass is 221 g/mol. The molecular formula is C6H7NO6S. The van der Waals surface area contributed by atoms with E-state index in [2.05, 4.69) is 4.42 Å². The topological polar surface area (TPSA) is 117 Å². The molecule has 1 aromatic heterocycles. The maximum Gasteiger partial charge on any atom is 0.371 e. The van der Waals surface area contributed by atoms with E-state index in [1.807, 2.05) is 0 Å². The van der Waals surface area contributed by atoms with Gasteiger partial charge < -0.3 is 14.7 Å². The molecule has 14 heavy (non-hydrogen) atoms. The fraction of sp³-hybridized carbons (Fsp3) is 0.167. The third-order valence-corrected chi connectivity index (χ3v) is 2.72. The number of hydrogen-bond acceptors (Lipinski definition) is 5. The van der Waals surface area contributed by atoms with E-state index < -0.39 is 26.6 Å². The summed E-state index contributed by atoms with van der Waals surface area (Å²) in [5.74, 6) is -1.99. The molecule has 78 valence electrons. The number of furan rings is 1. The van der Waals surface area contributed by atoms with Gasteiger partial charge in [0.25, 0.3) is 10.0 Å². The number of carboxylic acids is 1. The van der Waals surface area contributed by atoms with Gasteiger partial charge in [-0.15, -0.1) is 0 Å². The van der Waals surface area contributed by atoms with Gasteiger partial charge in [-0.25, -0.2) is 13.2 Å². The van der Waals surface area contributed by atoms with Gasteiger partial charge in [-0.3, -0.25) is 0 Å². The highest BCUT2D eigenvalue weighted by molar-refractivity contribution is 7.89. The summed E-state index contributed by atoms with van der Waals surface area (Å²) in [5, 5.41) is 16.8. The Morgan fingerprint density at radius 1 is 1.57 bits per heavy atom. The van der Waals surface area contributed by atoms with E-state index in [4.69, 9.17) is 10.3 Å². The van der Waals surface area contributed by atoms with Gasteiger partial charge >= 0.3 is 5.97 Å². The Kier molecular flexibility index (Phi) is 2.60. The number of sulfonamides is 1. The predicted octanol–water partition coefficient (Wildman–Crippen LogP) is -0.0463. The average Bonchev–Trinajstić information content (AvgIpc) is 2.48. The third kappa shape index (κ3) is 1.76. The van der Waals surface area contributed by atoms with E-state index in [-0.39, 0.29) is 5.76 Å². The highest BCUT2D eigenvalue weighted by Gasteiger charge is 2.22. The lowest BCUT2D eigenvalue weighted by atomic mass is 10.4. The first kappa shape index (κ1) is 10.7. The first-order chi connectivity index (χ1) is 6.38. The zero-order valence-electron chi connectivity index (χ0n) is 7.01. The Hall–Kier alpha value is -1.38. The molecule has 8 heteroatoms. The second-order valence-electron chi connectivity index (χ2n) is 2.43. The van der Waals surface area contributed by atoms with Gasteiger partial charge in [0.05, 0.1) is 0 Å². The molecule has 0 aromatic carbocycles. The SMILES string of the molecule is Cc1oc(C(=O)O)cc1S(=O)(=O)NO. The van der Waals surface area contributed by atoms with Gasteiger partial charge in [0, 0.05) is 6.07 Å². The van der Waals surface area contributed by atoms with Crippen molar-refractivity contribution in [3.63, 3.8) is 0 Å². The van der Waals surface area contributed by atoms with Gasteiger partial charge in [-0.05, 0) is 6.92 Å². The zero-order valence-corrected chi connectivity index (χ0v) is 7.83. The molecule has 0 radical (unpaired) electrons. The van der Waals surface area contributed by atoms with Gasteiger partial charge in [-0.2, -0.15) is 0 Å². The Morgan fingerprint density at radius 3 is 2.50 bits per heavy atom. The summed E-state index contributed by atoms with van der Waals surface area (Å²) in [4.78, 5) is 11.1. The molecule has 3 N–H and O–H groups in total. The Balaban J connectivity index is 3.31. The normalized spacial score (nSPS) is 11.6. The van der Waals surface area contributed by atoms with E-state index in [1.165, 1.54) is 6.92 Å². The minimum atomic E-state index is -4.09. The van der Waals surface area contributed by atoms with Crippen LogP contribution in [0.25, 0.3) is 0 Å². The van der Waals surface area contributed by atoms with Crippen LogP contribution in [0.5, 0.6) is 0 Å². The number of aryl methyl sites for hydroxylation is 1. The number of nitrogens with one attached hydrogen (secondary N) is 1. The number of rotatable bonds is 3.